The minimum atomic E-state index is -2.99. The van der Waals surface area contributed by atoms with Crippen molar-refractivity contribution < 1.29 is 27.8 Å². The third-order valence-corrected chi connectivity index (χ3v) is 2.64. The molecule has 1 heterocycles. The van der Waals surface area contributed by atoms with Crippen LogP contribution in [0.15, 0.2) is 18.2 Å². The maximum atomic E-state index is 12.2. The van der Waals surface area contributed by atoms with Crippen LogP contribution in [0, 0.1) is 0 Å². The number of ether oxygens (including phenoxy) is 2. The summed E-state index contributed by atoms with van der Waals surface area (Å²) in [7, 11) is 0. The number of aromatic nitrogens is 2. The lowest BCUT2D eigenvalue weighted by molar-refractivity contribution is -0.0497. The molecule has 0 fully saturated rings. The van der Waals surface area contributed by atoms with Crippen molar-refractivity contribution in [3.63, 3.8) is 0 Å². The van der Waals surface area contributed by atoms with Crippen molar-refractivity contribution in [2.75, 3.05) is 6.61 Å². The standard InChI is InChI=1S/C13H12F2N2O4/c1-3-20-12(19)11-9-6-8(21-13(14)15)4-5-10(9)17(16-11)7(2)18/h4-6,13H,3H2,1-2H3. The van der Waals surface area contributed by atoms with Gasteiger partial charge in [0.1, 0.15) is 5.75 Å². The van der Waals surface area contributed by atoms with Crippen LogP contribution in [0.4, 0.5) is 8.78 Å². The highest BCUT2D eigenvalue weighted by atomic mass is 19.3. The smallest absolute Gasteiger partial charge is 0.387 e. The van der Waals surface area contributed by atoms with E-state index >= 15 is 0 Å². The minimum Gasteiger partial charge on any atom is -0.461 e. The molecule has 1 aromatic carbocycles. The highest BCUT2D eigenvalue weighted by Gasteiger charge is 2.21. The summed E-state index contributed by atoms with van der Waals surface area (Å²) >= 11 is 0. The van der Waals surface area contributed by atoms with Gasteiger partial charge in [0.05, 0.1) is 12.1 Å². The molecule has 0 bridgehead atoms. The zero-order valence-corrected chi connectivity index (χ0v) is 11.3. The Morgan fingerprint density at radius 1 is 1.38 bits per heavy atom. The molecule has 0 aliphatic carbocycles. The average molecular weight is 298 g/mol. The molecule has 0 saturated heterocycles. The molecule has 0 radical (unpaired) electrons. The highest BCUT2D eigenvalue weighted by Crippen LogP contribution is 2.25. The van der Waals surface area contributed by atoms with Gasteiger partial charge >= 0.3 is 12.6 Å². The molecule has 0 saturated carbocycles. The van der Waals surface area contributed by atoms with Gasteiger partial charge in [0.25, 0.3) is 0 Å². The second-order valence-corrected chi connectivity index (χ2v) is 4.06. The number of rotatable bonds is 4. The normalized spacial score (nSPS) is 10.9. The van der Waals surface area contributed by atoms with Gasteiger partial charge in [-0.2, -0.15) is 18.6 Å². The number of hydrogen-bond acceptors (Lipinski definition) is 5. The summed E-state index contributed by atoms with van der Waals surface area (Å²) in [6.45, 7) is 0.0232. The van der Waals surface area contributed by atoms with E-state index in [9.17, 15) is 18.4 Å². The highest BCUT2D eigenvalue weighted by molar-refractivity contribution is 6.05. The van der Waals surface area contributed by atoms with Gasteiger partial charge < -0.3 is 9.47 Å². The molecule has 0 unspecified atom stereocenters. The largest absolute Gasteiger partial charge is 0.461 e. The Bertz CT molecular complexity index is 697. The van der Waals surface area contributed by atoms with Crippen LogP contribution in [0.5, 0.6) is 5.75 Å². The molecule has 6 nitrogen and oxygen atoms in total. The van der Waals surface area contributed by atoms with Crippen LogP contribution < -0.4 is 4.74 Å². The fourth-order valence-electron chi connectivity index (χ4n) is 1.86. The van der Waals surface area contributed by atoms with E-state index in [1.54, 1.807) is 6.92 Å². The van der Waals surface area contributed by atoms with Gasteiger partial charge in [0, 0.05) is 12.3 Å². The summed E-state index contributed by atoms with van der Waals surface area (Å²) in [4.78, 5) is 23.3. The van der Waals surface area contributed by atoms with Crippen LogP contribution in [0.2, 0.25) is 0 Å². The minimum absolute atomic E-state index is 0.123. The molecule has 21 heavy (non-hydrogen) atoms. The number of hydrogen-bond donors (Lipinski definition) is 0. The zero-order chi connectivity index (χ0) is 15.6. The van der Waals surface area contributed by atoms with E-state index in [4.69, 9.17) is 4.74 Å². The first-order valence-electron chi connectivity index (χ1n) is 6.09. The summed E-state index contributed by atoms with van der Waals surface area (Å²) in [5.41, 5.74) is 0.189. The Balaban J connectivity index is 2.60. The van der Waals surface area contributed by atoms with E-state index < -0.39 is 18.5 Å². The van der Waals surface area contributed by atoms with Crippen LogP contribution in [-0.2, 0) is 4.74 Å². The fourth-order valence-corrected chi connectivity index (χ4v) is 1.86. The van der Waals surface area contributed by atoms with Crippen LogP contribution in [0.1, 0.15) is 29.1 Å². The van der Waals surface area contributed by atoms with Crippen molar-refractivity contribution >= 4 is 22.8 Å². The van der Waals surface area contributed by atoms with E-state index in [1.807, 2.05) is 0 Å². The summed E-state index contributed by atoms with van der Waals surface area (Å²) in [6.07, 6.45) is 0. The number of nitrogens with zero attached hydrogens (tertiary/aromatic N) is 2. The monoisotopic (exact) mass is 298 g/mol. The number of esters is 1. The van der Waals surface area contributed by atoms with Crippen LogP contribution >= 0.6 is 0 Å². The Morgan fingerprint density at radius 3 is 2.67 bits per heavy atom. The molecule has 2 aromatic rings. The first-order valence-corrected chi connectivity index (χ1v) is 6.09. The maximum absolute atomic E-state index is 12.2. The van der Waals surface area contributed by atoms with Crippen LogP contribution in [-0.4, -0.2) is 34.9 Å². The zero-order valence-electron chi connectivity index (χ0n) is 11.3. The topological polar surface area (TPSA) is 70.4 Å². The summed E-state index contributed by atoms with van der Waals surface area (Å²) in [5.74, 6) is -1.29. The molecular weight excluding hydrogens is 286 g/mol. The van der Waals surface area contributed by atoms with Gasteiger partial charge in [-0.1, -0.05) is 0 Å². The van der Waals surface area contributed by atoms with Crippen molar-refractivity contribution in [2.45, 2.75) is 20.5 Å². The van der Waals surface area contributed by atoms with Gasteiger partial charge in [0.15, 0.2) is 5.69 Å². The van der Waals surface area contributed by atoms with Crippen molar-refractivity contribution in [2.24, 2.45) is 0 Å². The van der Waals surface area contributed by atoms with Crippen molar-refractivity contribution in [1.29, 1.82) is 0 Å². The lowest BCUT2D eigenvalue weighted by atomic mass is 10.2. The second-order valence-electron chi connectivity index (χ2n) is 4.06. The summed E-state index contributed by atoms with van der Waals surface area (Å²) < 4.78 is 34.6. The number of halogens is 2. The molecule has 8 heteroatoms. The Morgan fingerprint density at radius 2 is 2.10 bits per heavy atom. The third kappa shape index (κ3) is 2.99. The molecule has 0 atom stereocenters. The number of carbonyl (C=O) groups excluding carboxylic acids is 2. The summed E-state index contributed by atoms with van der Waals surface area (Å²) in [6, 6.07) is 3.87. The van der Waals surface area contributed by atoms with Crippen LogP contribution in [0.3, 0.4) is 0 Å². The SMILES string of the molecule is CCOC(=O)c1nn(C(C)=O)c2ccc(OC(F)F)cc12. The lowest BCUT2D eigenvalue weighted by Crippen LogP contribution is -2.10. The van der Waals surface area contributed by atoms with Crippen molar-refractivity contribution in [3.8, 4) is 5.75 Å². The first-order chi connectivity index (χ1) is 9.93. The first kappa shape index (κ1) is 14.9. The number of fused-ring (bicyclic) bond motifs is 1. The molecule has 112 valence electrons. The molecule has 0 aliphatic heterocycles. The molecule has 0 aliphatic rings. The van der Waals surface area contributed by atoms with Gasteiger partial charge in [0.2, 0.25) is 5.91 Å². The summed E-state index contributed by atoms with van der Waals surface area (Å²) in [5, 5.41) is 4.09. The van der Waals surface area contributed by atoms with E-state index in [2.05, 4.69) is 9.84 Å². The Labute approximate surface area is 118 Å². The Kier molecular flexibility index (Phi) is 4.15. The lowest BCUT2D eigenvalue weighted by Gasteiger charge is -2.04. The number of carbonyl (C=O) groups is 2. The van der Waals surface area contributed by atoms with E-state index in [-0.39, 0.29) is 23.4 Å². The molecule has 1 aromatic heterocycles. The predicted octanol–water partition coefficient (Wildman–Crippen LogP) is 2.47. The third-order valence-electron chi connectivity index (χ3n) is 2.64. The van der Waals surface area contributed by atoms with Crippen molar-refractivity contribution in [1.82, 2.24) is 9.78 Å². The molecule has 0 amide bonds. The maximum Gasteiger partial charge on any atom is 0.387 e. The van der Waals surface area contributed by atoms with E-state index in [0.29, 0.717) is 5.52 Å². The average Bonchev–Trinajstić information content (AvgIpc) is 2.77. The molecule has 0 spiro atoms. The van der Waals surface area contributed by atoms with Gasteiger partial charge in [-0.3, -0.25) is 4.79 Å². The number of benzene rings is 1. The molecule has 0 N–H and O–H groups in total. The van der Waals surface area contributed by atoms with Gasteiger partial charge in [-0.05, 0) is 25.1 Å². The quantitative estimate of drug-likeness (QED) is 0.811. The van der Waals surface area contributed by atoms with E-state index in [1.165, 1.54) is 25.1 Å². The molecular formula is C13H12F2N2O4. The van der Waals surface area contributed by atoms with Gasteiger partial charge in [-0.15, -0.1) is 0 Å². The van der Waals surface area contributed by atoms with Gasteiger partial charge in [-0.25, -0.2) is 4.79 Å². The fraction of sp³-hybridized carbons (Fsp3) is 0.308. The second kappa shape index (κ2) is 5.86. The van der Waals surface area contributed by atoms with E-state index in [0.717, 1.165) is 4.68 Å². The Hall–Kier alpha value is -2.51. The molecule has 2 rings (SSSR count). The van der Waals surface area contributed by atoms with Crippen LogP contribution in [0.25, 0.3) is 10.9 Å². The number of alkyl halides is 2. The predicted molar refractivity (Wildman–Crippen MR) is 68.6 cm³/mol. The van der Waals surface area contributed by atoms with Crippen molar-refractivity contribution in [3.05, 3.63) is 23.9 Å².